The van der Waals surface area contributed by atoms with Gasteiger partial charge in [-0.25, -0.2) is 0 Å². The molecule has 0 unspecified atom stereocenters. The van der Waals surface area contributed by atoms with Gasteiger partial charge in [-0.3, -0.25) is 14.4 Å². The summed E-state index contributed by atoms with van der Waals surface area (Å²) in [7, 11) is 9.03. The van der Waals surface area contributed by atoms with Crippen LogP contribution in [0.25, 0.3) is 6.08 Å². The van der Waals surface area contributed by atoms with E-state index in [4.69, 9.17) is 47.4 Å². The Kier molecular flexibility index (Phi) is 10.8. The van der Waals surface area contributed by atoms with E-state index in [1.807, 2.05) is 24.3 Å². The molecule has 1 saturated heterocycles. The molecule has 1 fully saturated rings. The summed E-state index contributed by atoms with van der Waals surface area (Å²) in [5.41, 5.74) is 3.27. The molecular weight excluding hydrogens is 726 g/mol. The lowest BCUT2D eigenvalue weighted by Crippen LogP contribution is -2.44. The van der Waals surface area contributed by atoms with Gasteiger partial charge in [0.25, 0.3) is 5.91 Å². The molecule has 7 rings (SSSR count). The molecule has 14 nitrogen and oxygen atoms in total. The van der Waals surface area contributed by atoms with E-state index in [0.717, 1.165) is 16.7 Å². The molecule has 0 saturated carbocycles. The molecule has 2 heterocycles. The number of rotatable bonds is 14. The summed E-state index contributed by atoms with van der Waals surface area (Å²) in [6.07, 6.45) is 3.06. The van der Waals surface area contributed by atoms with E-state index >= 15 is 0 Å². The Bertz CT molecular complexity index is 2150. The van der Waals surface area contributed by atoms with Crippen LogP contribution in [-0.2, 0) is 14.3 Å². The molecule has 4 atom stereocenters. The lowest BCUT2D eigenvalue weighted by molar-refractivity contribution is -0.141. The number of amides is 1. The van der Waals surface area contributed by atoms with Crippen LogP contribution in [0.3, 0.4) is 0 Å². The third-order valence-corrected chi connectivity index (χ3v) is 10.2. The zero-order chi connectivity index (χ0) is 39.5. The first-order valence-corrected chi connectivity index (χ1v) is 17.7. The smallest absolute Gasteiger partial charge is 0.310 e. The molecule has 0 radical (unpaired) electrons. The Labute approximate surface area is 323 Å². The first-order valence-electron chi connectivity index (χ1n) is 17.7. The number of nitrogens with one attached hydrogen (secondary N) is 1. The van der Waals surface area contributed by atoms with Crippen molar-refractivity contribution in [1.29, 1.82) is 0 Å². The van der Waals surface area contributed by atoms with Crippen molar-refractivity contribution in [3.05, 3.63) is 94.6 Å². The number of hydrogen-bond donors (Lipinski definition) is 1. The number of cyclic esters (lactones) is 1. The predicted molar refractivity (Wildman–Crippen MR) is 201 cm³/mol. The van der Waals surface area contributed by atoms with Crippen LogP contribution >= 0.6 is 0 Å². The molecule has 2 aliphatic heterocycles. The number of ketones is 1. The summed E-state index contributed by atoms with van der Waals surface area (Å²) in [4.78, 5) is 40.3. The van der Waals surface area contributed by atoms with Crippen molar-refractivity contribution in [2.45, 2.75) is 12.0 Å². The van der Waals surface area contributed by atoms with E-state index in [0.29, 0.717) is 62.9 Å². The van der Waals surface area contributed by atoms with Crippen molar-refractivity contribution in [1.82, 2.24) is 5.32 Å². The van der Waals surface area contributed by atoms with Crippen molar-refractivity contribution in [3.63, 3.8) is 0 Å². The van der Waals surface area contributed by atoms with Gasteiger partial charge in [-0.15, -0.1) is 0 Å². The molecule has 4 aromatic carbocycles. The average molecular weight is 768 g/mol. The van der Waals surface area contributed by atoms with E-state index in [-0.39, 0.29) is 31.8 Å². The molecule has 0 aromatic heterocycles. The van der Waals surface area contributed by atoms with Crippen LogP contribution in [0.2, 0.25) is 0 Å². The quantitative estimate of drug-likeness (QED) is 0.0972. The minimum absolute atomic E-state index is 0.0419. The number of carbonyl (C=O) groups is 3. The fraction of sp³-hybridized carbons (Fsp3) is 0.310. The topological polar surface area (TPSA) is 156 Å². The minimum Gasteiger partial charge on any atom is -0.493 e. The van der Waals surface area contributed by atoms with Crippen LogP contribution in [0.4, 0.5) is 0 Å². The molecule has 4 aromatic rings. The van der Waals surface area contributed by atoms with Crippen LogP contribution in [0, 0.1) is 11.8 Å². The van der Waals surface area contributed by atoms with Gasteiger partial charge in [0.1, 0.15) is 5.75 Å². The molecule has 56 heavy (non-hydrogen) atoms. The number of methoxy groups -OCH3 is 6. The second-order valence-electron chi connectivity index (χ2n) is 13.1. The Morgan fingerprint density at radius 1 is 0.750 bits per heavy atom. The van der Waals surface area contributed by atoms with Gasteiger partial charge in [0.05, 0.1) is 61.2 Å². The first kappa shape index (κ1) is 37.7. The summed E-state index contributed by atoms with van der Waals surface area (Å²) >= 11 is 0. The van der Waals surface area contributed by atoms with Crippen molar-refractivity contribution in [3.8, 4) is 51.7 Å². The lowest BCUT2D eigenvalue weighted by atomic mass is 9.65. The van der Waals surface area contributed by atoms with Crippen LogP contribution < -0.4 is 47.9 Å². The number of hydrogen-bond acceptors (Lipinski definition) is 13. The van der Waals surface area contributed by atoms with Crippen molar-refractivity contribution in [2.24, 2.45) is 11.8 Å². The number of carbonyl (C=O) groups excluding carboxylic acids is 3. The first-order chi connectivity index (χ1) is 27.2. The number of allylic oxidation sites excluding steroid dienone is 1. The Balaban J connectivity index is 1.11. The minimum atomic E-state index is -0.664. The highest BCUT2D eigenvalue weighted by atomic mass is 16.7. The normalized spacial score (nSPS) is 19.0. The third-order valence-electron chi connectivity index (χ3n) is 10.2. The monoisotopic (exact) mass is 767 g/mol. The highest BCUT2D eigenvalue weighted by Crippen LogP contribution is 2.55. The van der Waals surface area contributed by atoms with E-state index < -0.39 is 29.7 Å². The third kappa shape index (κ3) is 7.05. The van der Waals surface area contributed by atoms with Gasteiger partial charge in [-0.2, -0.15) is 0 Å². The summed E-state index contributed by atoms with van der Waals surface area (Å²) in [5, 5.41) is 3.11. The van der Waals surface area contributed by atoms with Crippen LogP contribution in [0.15, 0.2) is 66.7 Å². The molecule has 1 N–H and O–H groups in total. The second kappa shape index (κ2) is 16.0. The zero-order valence-electron chi connectivity index (χ0n) is 31.7. The van der Waals surface area contributed by atoms with E-state index in [2.05, 4.69) is 5.32 Å². The van der Waals surface area contributed by atoms with Gasteiger partial charge in [0.2, 0.25) is 18.3 Å². The zero-order valence-corrected chi connectivity index (χ0v) is 31.7. The maximum atomic E-state index is 13.6. The highest BCUT2D eigenvalue weighted by molar-refractivity contribution is 6.07. The molecule has 3 aliphatic rings. The number of fused-ring (bicyclic) bond motifs is 3. The van der Waals surface area contributed by atoms with Crippen molar-refractivity contribution >= 4 is 23.7 Å². The van der Waals surface area contributed by atoms with E-state index in [1.54, 1.807) is 42.5 Å². The lowest BCUT2D eigenvalue weighted by Gasteiger charge is -2.39. The summed E-state index contributed by atoms with van der Waals surface area (Å²) in [6, 6.07) is 16.9. The summed E-state index contributed by atoms with van der Waals surface area (Å²) < 4.78 is 56.1. The van der Waals surface area contributed by atoms with Gasteiger partial charge < -0.3 is 52.7 Å². The standard InChI is InChI=1S/C42H41NO13/c1-47-32-13-23(14-33(48-2)40(32)51-5)29(44)11-10-22-8-7-9-25(12-22)53-20-36(45)43-39-27-18-31-30(55-21-56-31)17-26(27)37(38-28(39)19-54-42(38)46)24-15-34(49-3)41(52-6)35(16-24)50-4/h7-18,28,37-39H,19-21H2,1-6H3,(H,43,45)/b11-10+/t28-,37+,38-,39+/m0/s1. The molecule has 0 spiro atoms. The van der Waals surface area contributed by atoms with Gasteiger partial charge >= 0.3 is 5.97 Å². The van der Waals surface area contributed by atoms with Gasteiger partial charge in [0.15, 0.2) is 46.9 Å². The molecule has 14 heteroatoms. The van der Waals surface area contributed by atoms with Crippen molar-refractivity contribution < 1.29 is 61.8 Å². The molecule has 292 valence electrons. The van der Waals surface area contributed by atoms with Crippen LogP contribution in [0.1, 0.15) is 44.6 Å². The summed E-state index contributed by atoms with van der Waals surface area (Å²) in [6.45, 7) is -0.191. The number of ether oxygens (including phenoxy) is 10. The largest absolute Gasteiger partial charge is 0.493 e. The number of esters is 1. The maximum absolute atomic E-state index is 13.6. The van der Waals surface area contributed by atoms with Gasteiger partial charge in [-0.05, 0) is 76.9 Å². The van der Waals surface area contributed by atoms with Crippen molar-refractivity contribution in [2.75, 3.05) is 62.7 Å². The highest BCUT2D eigenvalue weighted by Gasteiger charge is 2.53. The Morgan fingerprint density at radius 3 is 1.96 bits per heavy atom. The van der Waals surface area contributed by atoms with Gasteiger partial charge in [-0.1, -0.05) is 18.2 Å². The maximum Gasteiger partial charge on any atom is 0.310 e. The van der Waals surface area contributed by atoms with Crippen LogP contribution in [0.5, 0.6) is 51.7 Å². The molecule has 1 amide bonds. The molecule has 1 aliphatic carbocycles. The average Bonchev–Trinajstić information content (AvgIpc) is 3.86. The number of benzene rings is 4. The van der Waals surface area contributed by atoms with E-state index in [9.17, 15) is 14.4 Å². The predicted octanol–water partition coefficient (Wildman–Crippen LogP) is 5.53. The molecule has 0 bridgehead atoms. The SMILES string of the molecule is COc1cc(C(=O)/C=C/c2cccc(OCC(=O)N[C@@H]3c4cc5c(cc4[C@@H](c4cc(OC)c(OC)c(OC)c4)[C@H]4C(=O)OC[C@@H]43)OCO5)c2)cc(OC)c1OC. The van der Waals surface area contributed by atoms with Gasteiger partial charge in [0, 0.05) is 17.4 Å². The fourth-order valence-corrected chi connectivity index (χ4v) is 7.59. The van der Waals surface area contributed by atoms with E-state index in [1.165, 1.54) is 48.7 Å². The summed E-state index contributed by atoms with van der Waals surface area (Å²) in [5.74, 6) is 1.17. The molecular formula is C42H41NO13. The Morgan fingerprint density at radius 2 is 1.36 bits per heavy atom. The Hall–Kier alpha value is -6.57. The van der Waals surface area contributed by atoms with Crippen LogP contribution in [-0.4, -0.2) is 80.3 Å². The fourth-order valence-electron chi connectivity index (χ4n) is 7.59. The second-order valence-corrected chi connectivity index (χ2v) is 13.1.